The van der Waals surface area contributed by atoms with Gasteiger partial charge in [0.25, 0.3) is 11.8 Å². The van der Waals surface area contributed by atoms with Crippen LogP contribution in [-0.2, 0) is 11.3 Å². The molecule has 168 valence electrons. The molecule has 0 N–H and O–H groups in total. The molecule has 2 aromatic carbocycles. The fourth-order valence-electron chi connectivity index (χ4n) is 4.04. The number of hydrazine groups is 1. The molecule has 0 radical (unpaired) electrons. The number of benzene rings is 2. The lowest BCUT2D eigenvalue weighted by molar-refractivity contribution is -0.0292. The highest BCUT2D eigenvalue weighted by molar-refractivity contribution is 6.55. The summed E-state index contributed by atoms with van der Waals surface area (Å²) in [7, 11) is 0. The second-order valence-corrected chi connectivity index (χ2v) is 9.12. The number of halogens is 4. The molecule has 1 aliphatic carbocycles. The van der Waals surface area contributed by atoms with E-state index >= 15 is 0 Å². The second-order valence-electron chi connectivity index (χ2n) is 7.60. The summed E-state index contributed by atoms with van der Waals surface area (Å²) in [4.78, 5) is 39.8. The number of rotatable bonds is 4. The third kappa shape index (κ3) is 4.05. The van der Waals surface area contributed by atoms with Crippen molar-refractivity contribution in [2.75, 3.05) is 0 Å². The molecule has 0 bridgehead atoms. The van der Waals surface area contributed by atoms with Gasteiger partial charge in [-0.25, -0.2) is 9.80 Å². The standard InChI is InChI=1S/C22H18Cl4N2O4/c23-16-14-15(17(24)19(26)18(16)25)21(30)28(20(14)29)27(13-9-5-2-6-10-13)22(31)32-11-12-7-3-1-4-8-12/h1,3-4,7-8,13H,2,5-6,9-11H2. The fourth-order valence-corrected chi connectivity index (χ4v) is 5.05. The lowest BCUT2D eigenvalue weighted by Crippen LogP contribution is -2.55. The normalized spacial score (nSPS) is 16.3. The van der Waals surface area contributed by atoms with E-state index in [-0.39, 0.29) is 37.8 Å². The first-order valence-electron chi connectivity index (χ1n) is 10.1. The molecule has 1 heterocycles. The number of amides is 3. The van der Waals surface area contributed by atoms with Crippen molar-refractivity contribution in [2.45, 2.75) is 44.8 Å². The zero-order chi connectivity index (χ0) is 23.0. The minimum absolute atomic E-state index is 0.00870. The zero-order valence-electron chi connectivity index (χ0n) is 16.7. The number of nitrogens with zero attached hydrogens (tertiary/aromatic N) is 2. The second kappa shape index (κ2) is 9.48. The van der Waals surface area contributed by atoms with Gasteiger partial charge in [-0.3, -0.25) is 9.59 Å². The van der Waals surface area contributed by atoms with E-state index in [1.807, 2.05) is 30.3 Å². The van der Waals surface area contributed by atoms with Crippen LogP contribution < -0.4 is 0 Å². The van der Waals surface area contributed by atoms with Gasteiger partial charge in [0, 0.05) is 0 Å². The Hall–Kier alpha value is -1.99. The van der Waals surface area contributed by atoms with E-state index in [4.69, 9.17) is 51.1 Å². The first-order valence-corrected chi connectivity index (χ1v) is 11.6. The lowest BCUT2D eigenvalue weighted by Gasteiger charge is -2.37. The number of ether oxygens (including phenoxy) is 1. The zero-order valence-corrected chi connectivity index (χ0v) is 19.8. The minimum Gasteiger partial charge on any atom is -0.443 e. The molecule has 10 heteroatoms. The molecular formula is C22H18Cl4N2O4. The average molecular weight is 516 g/mol. The molecule has 4 rings (SSSR count). The van der Waals surface area contributed by atoms with E-state index < -0.39 is 23.9 Å². The van der Waals surface area contributed by atoms with E-state index in [1.54, 1.807) is 0 Å². The highest BCUT2D eigenvalue weighted by Gasteiger charge is 2.48. The largest absolute Gasteiger partial charge is 0.443 e. The number of carbonyl (C=O) groups is 3. The summed E-state index contributed by atoms with van der Waals surface area (Å²) in [6, 6.07) is 8.72. The Kier molecular flexibility index (Phi) is 6.86. The average Bonchev–Trinajstić information content (AvgIpc) is 3.07. The third-order valence-corrected chi connectivity index (χ3v) is 7.41. The van der Waals surface area contributed by atoms with Crippen molar-refractivity contribution >= 4 is 64.3 Å². The van der Waals surface area contributed by atoms with Crippen molar-refractivity contribution in [2.24, 2.45) is 0 Å². The Balaban J connectivity index is 1.70. The number of carbonyl (C=O) groups excluding carboxylic acids is 3. The molecule has 32 heavy (non-hydrogen) atoms. The van der Waals surface area contributed by atoms with Crippen LogP contribution in [0.3, 0.4) is 0 Å². The van der Waals surface area contributed by atoms with Crippen molar-refractivity contribution in [1.29, 1.82) is 0 Å². The summed E-state index contributed by atoms with van der Waals surface area (Å²) in [6.45, 7) is -0.00870. The first kappa shape index (κ1) is 23.2. The lowest BCUT2D eigenvalue weighted by atomic mass is 9.95. The summed E-state index contributed by atoms with van der Waals surface area (Å²) in [5, 5.41) is 1.24. The first-order chi connectivity index (χ1) is 15.3. The molecule has 2 aliphatic rings. The van der Waals surface area contributed by atoms with Crippen molar-refractivity contribution in [1.82, 2.24) is 10.0 Å². The molecule has 0 saturated heterocycles. The van der Waals surface area contributed by atoms with Crippen LogP contribution in [0.2, 0.25) is 20.1 Å². The van der Waals surface area contributed by atoms with Gasteiger partial charge in [0.15, 0.2) is 0 Å². The van der Waals surface area contributed by atoms with Gasteiger partial charge in [-0.2, -0.15) is 5.01 Å². The molecular weight excluding hydrogens is 498 g/mol. The number of hydrogen-bond donors (Lipinski definition) is 0. The van der Waals surface area contributed by atoms with E-state index in [9.17, 15) is 14.4 Å². The molecule has 1 fully saturated rings. The molecule has 6 nitrogen and oxygen atoms in total. The van der Waals surface area contributed by atoms with Crippen molar-refractivity contribution < 1.29 is 19.1 Å². The molecule has 3 amide bonds. The van der Waals surface area contributed by atoms with Crippen molar-refractivity contribution in [3.63, 3.8) is 0 Å². The van der Waals surface area contributed by atoms with Crippen LogP contribution in [0, 0.1) is 0 Å². The molecule has 0 spiro atoms. The Morgan fingerprint density at radius 3 is 1.94 bits per heavy atom. The molecule has 0 unspecified atom stereocenters. The summed E-state index contributed by atoms with van der Waals surface area (Å²) >= 11 is 24.7. The van der Waals surface area contributed by atoms with E-state index in [0.717, 1.165) is 34.8 Å². The van der Waals surface area contributed by atoms with Gasteiger partial charge in [0.05, 0.1) is 37.3 Å². The number of hydrogen-bond acceptors (Lipinski definition) is 4. The van der Waals surface area contributed by atoms with Crippen molar-refractivity contribution in [3.8, 4) is 0 Å². The topological polar surface area (TPSA) is 66.9 Å². The Morgan fingerprint density at radius 1 is 0.875 bits per heavy atom. The van der Waals surface area contributed by atoms with Gasteiger partial charge in [0.1, 0.15) is 6.61 Å². The maximum Gasteiger partial charge on any atom is 0.429 e. The summed E-state index contributed by atoms with van der Waals surface area (Å²) in [5.41, 5.74) is 0.428. The Morgan fingerprint density at radius 2 is 1.41 bits per heavy atom. The predicted octanol–water partition coefficient (Wildman–Crippen LogP) is 6.78. The quantitative estimate of drug-likeness (QED) is 0.255. The number of imide groups is 1. The van der Waals surface area contributed by atoms with Crippen LogP contribution in [0.15, 0.2) is 30.3 Å². The van der Waals surface area contributed by atoms with Gasteiger partial charge in [0.2, 0.25) is 0 Å². The molecule has 1 aliphatic heterocycles. The van der Waals surface area contributed by atoms with Crippen LogP contribution in [0.1, 0.15) is 58.4 Å². The molecule has 0 aromatic heterocycles. The van der Waals surface area contributed by atoms with E-state index in [1.165, 1.54) is 0 Å². The minimum atomic E-state index is -0.806. The summed E-state index contributed by atoms with van der Waals surface area (Å²) < 4.78 is 5.48. The molecule has 1 saturated carbocycles. The summed E-state index contributed by atoms with van der Waals surface area (Å²) in [6.07, 6.45) is 3.16. The Labute approximate surface area is 204 Å². The van der Waals surface area contributed by atoms with Crippen molar-refractivity contribution in [3.05, 3.63) is 67.1 Å². The van der Waals surface area contributed by atoms with Crippen LogP contribution >= 0.6 is 46.4 Å². The Bertz CT molecular complexity index is 1040. The van der Waals surface area contributed by atoms with Gasteiger partial charge in [-0.15, -0.1) is 0 Å². The fraction of sp³-hybridized carbons (Fsp3) is 0.318. The monoisotopic (exact) mass is 514 g/mol. The van der Waals surface area contributed by atoms with Gasteiger partial charge in [-0.05, 0) is 18.4 Å². The maximum atomic E-state index is 13.3. The van der Waals surface area contributed by atoms with Gasteiger partial charge in [-0.1, -0.05) is 96.0 Å². The maximum absolute atomic E-state index is 13.3. The van der Waals surface area contributed by atoms with E-state index in [0.29, 0.717) is 12.8 Å². The van der Waals surface area contributed by atoms with Crippen LogP contribution in [-0.4, -0.2) is 34.0 Å². The van der Waals surface area contributed by atoms with E-state index in [2.05, 4.69) is 0 Å². The highest BCUT2D eigenvalue weighted by Crippen LogP contribution is 2.45. The van der Waals surface area contributed by atoms with Crippen LogP contribution in [0.25, 0.3) is 0 Å². The van der Waals surface area contributed by atoms with Gasteiger partial charge >= 0.3 is 6.09 Å². The third-order valence-electron chi connectivity index (χ3n) is 5.61. The summed E-state index contributed by atoms with van der Waals surface area (Å²) in [5.74, 6) is -1.59. The van der Waals surface area contributed by atoms with Crippen LogP contribution in [0.4, 0.5) is 4.79 Å². The predicted molar refractivity (Wildman–Crippen MR) is 122 cm³/mol. The SMILES string of the molecule is O=C1c2c(Cl)c(Cl)c(Cl)c(Cl)c2C(=O)N1N(C(=O)OCc1ccccc1)C1CCCCC1. The molecule has 0 atom stereocenters. The van der Waals surface area contributed by atoms with Gasteiger partial charge < -0.3 is 4.74 Å². The smallest absolute Gasteiger partial charge is 0.429 e. The van der Waals surface area contributed by atoms with Crippen LogP contribution in [0.5, 0.6) is 0 Å². The number of fused-ring (bicyclic) bond motifs is 1. The highest BCUT2D eigenvalue weighted by atomic mass is 35.5. The molecule has 2 aromatic rings.